The minimum Gasteiger partial charge on any atom is -0.427 e. The molecule has 0 spiro atoms. The molecule has 0 saturated heterocycles. The molecule has 0 aliphatic rings. The Morgan fingerprint density at radius 2 is 2.19 bits per heavy atom. The van der Waals surface area contributed by atoms with E-state index in [2.05, 4.69) is 13.8 Å². The zero-order chi connectivity index (χ0) is 12.1. The summed E-state index contributed by atoms with van der Waals surface area (Å²) in [5, 5.41) is 0. The van der Waals surface area contributed by atoms with Crippen LogP contribution < -0.4 is 5.63 Å². The maximum absolute atomic E-state index is 11.5. The second-order valence-electron chi connectivity index (χ2n) is 4.23. The minimum atomic E-state index is -0.238. The van der Waals surface area contributed by atoms with E-state index in [9.17, 15) is 4.79 Å². The first-order valence-corrected chi connectivity index (χ1v) is 5.72. The van der Waals surface area contributed by atoms with Crippen LogP contribution in [0.1, 0.15) is 49.5 Å². The van der Waals surface area contributed by atoms with Gasteiger partial charge in [0, 0.05) is 24.2 Å². The highest BCUT2D eigenvalue weighted by Crippen LogP contribution is 2.24. The molecule has 0 N–H and O–H groups in total. The van der Waals surface area contributed by atoms with E-state index in [-0.39, 0.29) is 11.5 Å². The van der Waals surface area contributed by atoms with E-state index < -0.39 is 0 Å². The highest BCUT2D eigenvalue weighted by atomic mass is 16.5. The second kappa shape index (κ2) is 5.85. The lowest BCUT2D eigenvalue weighted by Gasteiger charge is -2.13. The fourth-order valence-corrected chi connectivity index (χ4v) is 1.89. The normalized spacial score (nSPS) is 12.8. The minimum absolute atomic E-state index is 0.238. The van der Waals surface area contributed by atoms with E-state index in [0.29, 0.717) is 12.2 Å². The number of ether oxygens (including phenoxy) is 1. The van der Waals surface area contributed by atoms with Crippen LogP contribution in [0.2, 0.25) is 0 Å². The monoisotopic (exact) mass is 224 g/mol. The molecule has 0 aromatic carbocycles. The molecule has 3 nitrogen and oxygen atoms in total. The highest BCUT2D eigenvalue weighted by molar-refractivity contribution is 5.23. The predicted molar refractivity (Wildman–Crippen MR) is 63.8 cm³/mol. The van der Waals surface area contributed by atoms with E-state index in [4.69, 9.17) is 9.15 Å². The third kappa shape index (κ3) is 2.95. The molecule has 16 heavy (non-hydrogen) atoms. The summed E-state index contributed by atoms with van der Waals surface area (Å²) in [6.07, 6.45) is 2.09. The Morgan fingerprint density at radius 3 is 2.75 bits per heavy atom. The van der Waals surface area contributed by atoms with Crippen LogP contribution in [-0.2, 0) is 11.3 Å². The molecule has 0 aliphatic heterocycles. The first kappa shape index (κ1) is 13.0. The van der Waals surface area contributed by atoms with Crippen molar-refractivity contribution in [1.29, 1.82) is 0 Å². The van der Waals surface area contributed by atoms with Gasteiger partial charge in [-0.3, -0.25) is 0 Å². The molecule has 1 heterocycles. The summed E-state index contributed by atoms with van der Waals surface area (Å²) in [5.41, 5.74) is 1.39. The zero-order valence-corrected chi connectivity index (χ0v) is 10.5. The van der Waals surface area contributed by atoms with Crippen LogP contribution in [0.15, 0.2) is 15.3 Å². The fourth-order valence-electron chi connectivity index (χ4n) is 1.89. The third-order valence-electron chi connectivity index (χ3n) is 2.70. The van der Waals surface area contributed by atoms with E-state index in [0.717, 1.165) is 24.2 Å². The molecular weight excluding hydrogens is 204 g/mol. The summed E-state index contributed by atoms with van der Waals surface area (Å²) in [5.74, 6) is 1.04. The lowest BCUT2D eigenvalue weighted by atomic mass is 9.98. The van der Waals surface area contributed by atoms with Gasteiger partial charge in [-0.05, 0) is 19.4 Å². The zero-order valence-electron chi connectivity index (χ0n) is 10.5. The van der Waals surface area contributed by atoms with E-state index in [1.54, 1.807) is 14.0 Å². The Labute approximate surface area is 96.4 Å². The summed E-state index contributed by atoms with van der Waals surface area (Å²) in [6, 6.07) is 1.87. The topological polar surface area (TPSA) is 39.4 Å². The molecule has 1 atom stereocenters. The fraction of sp³-hybridized carbons (Fsp3) is 0.615. The smallest absolute Gasteiger partial charge is 0.338 e. The van der Waals surface area contributed by atoms with Crippen molar-refractivity contribution in [1.82, 2.24) is 0 Å². The Kier molecular flexibility index (Phi) is 4.74. The first-order valence-electron chi connectivity index (χ1n) is 5.72. The van der Waals surface area contributed by atoms with Crippen molar-refractivity contribution in [3.05, 3.63) is 33.4 Å². The number of rotatable bonds is 5. The Morgan fingerprint density at radius 1 is 1.50 bits per heavy atom. The van der Waals surface area contributed by atoms with Gasteiger partial charge in [-0.1, -0.05) is 20.3 Å². The maximum Gasteiger partial charge on any atom is 0.338 e. The summed E-state index contributed by atoms with van der Waals surface area (Å²) in [6.45, 7) is 6.46. The summed E-state index contributed by atoms with van der Waals surface area (Å²) >= 11 is 0. The van der Waals surface area contributed by atoms with Crippen LogP contribution in [0.5, 0.6) is 0 Å². The lowest BCUT2D eigenvalue weighted by Crippen LogP contribution is -2.11. The summed E-state index contributed by atoms with van der Waals surface area (Å²) in [4.78, 5) is 11.5. The van der Waals surface area contributed by atoms with Crippen molar-refractivity contribution in [2.45, 2.75) is 46.1 Å². The van der Waals surface area contributed by atoms with E-state index >= 15 is 0 Å². The molecular formula is C13H20O3. The largest absolute Gasteiger partial charge is 0.427 e. The van der Waals surface area contributed by atoms with Crippen molar-refractivity contribution >= 4 is 0 Å². The maximum atomic E-state index is 11.5. The lowest BCUT2D eigenvalue weighted by molar-refractivity contribution is 0.179. The molecule has 0 radical (unpaired) electrons. The number of aryl methyl sites for hydroxylation is 1. The van der Waals surface area contributed by atoms with E-state index in [1.165, 1.54) is 0 Å². The van der Waals surface area contributed by atoms with Crippen molar-refractivity contribution in [3.63, 3.8) is 0 Å². The predicted octanol–water partition coefficient (Wildman–Crippen LogP) is 3.00. The van der Waals surface area contributed by atoms with Gasteiger partial charge in [0.25, 0.3) is 0 Å². The van der Waals surface area contributed by atoms with Crippen LogP contribution in [0.25, 0.3) is 0 Å². The van der Waals surface area contributed by atoms with Gasteiger partial charge in [0.15, 0.2) is 0 Å². The molecule has 90 valence electrons. The summed E-state index contributed by atoms with van der Waals surface area (Å²) in [7, 11) is 1.65. The molecule has 0 aliphatic carbocycles. The van der Waals surface area contributed by atoms with Gasteiger partial charge in [0.05, 0.1) is 6.61 Å². The SMILES string of the molecule is CCC[C@@H](C)c1oc(=O)c(C)cc1COC. The molecule has 0 fully saturated rings. The average Bonchev–Trinajstić information content (AvgIpc) is 2.23. The van der Waals surface area contributed by atoms with Crippen LogP contribution in [0.3, 0.4) is 0 Å². The van der Waals surface area contributed by atoms with Crippen LogP contribution in [0, 0.1) is 6.92 Å². The van der Waals surface area contributed by atoms with E-state index in [1.807, 2.05) is 6.07 Å². The quantitative estimate of drug-likeness (QED) is 0.771. The van der Waals surface area contributed by atoms with Gasteiger partial charge in [-0.15, -0.1) is 0 Å². The van der Waals surface area contributed by atoms with Gasteiger partial charge in [-0.25, -0.2) is 4.79 Å². The Balaban J connectivity index is 3.13. The van der Waals surface area contributed by atoms with Gasteiger partial charge in [-0.2, -0.15) is 0 Å². The molecule has 3 heteroatoms. The van der Waals surface area contributed by atoms with Gasteiger partial charge >= 0.3 is 5.63 Å². The van der Waals surface area contributed by atoms with Gasteiger partial charge in [0.2, 0.25) is 0 Å². The van der Waals surface area contributed by atoms with Crippen molar-refractivity contribution < 1.29 is 9.15 Å². The number of hydrogen-bond acceptors (Lipinski definition) is 3. The molecule has 1 aromatic rings. The second-order valence-corrected chi connectivity index (χ2v) is 4.23. The van der Waals surface area contributed by atoms with Crippen LogP contribution in [-0.4, -0.2) is 7.11 Å². The van der Waals surface area contributed by atoms with Crippen molar-refractivity contribution in [3.8, 4) is 0 Å². The number of hydrogen-bond donors (Lipinski definition) is 0. The average molecular weight is 224 g/mol. The molecule has 0 saturated carbocycles. The number of methoxy groups -OCH3 is 1. The first-order chi connectivity index (χ1) is 7.60. The molecule has 1 rings (SSSR count). The molecule has 0 bridgehead atoms. The summed E-state index contributed by atoms with van der Waals surface area (Å²) < 4.78 is 10.5. The van der Waals surface area contributed by atoms with Crippen molar-refractivity contribution in [2.75, 3.05) is 7.11 Å². The molecule has 0 amide bonds. The Hall–Kier alpha value is -1.09. The van der Waals surface area contributed by atoms with Crippen LogP contribution in [0.4, 0.5) is 0 Å². The highest BCUT2D eigenvalue weighted by Gasteiger charge is 2.15. The van der Waals surface area contributed by atoms with Gasteiger partial charge in [0.1, 0.15) is 5.76 Å². The third-order valence-corrected chi connectivity index (χ3v) is 2.70. The molecule has 1 aromatic heterocycles. The van der Waals surface area contributed by atoms with Crippen molar-refractivity contribution in [2.24, 2.45) is 0 Å². The Bertz CT molecular complexity index is 393. The standard InChI is InChI=1S/C13H20O3/c1-5-6-9(2)12-11(8-15-4)7-10(3)13(14)16-12/h7,9H,5-6,8H2,1-4H3/t9-/m1/s1. The molecule has 0 unspecified atom stereocenters. The van der Waals surface area contributed by atoms with Crippen LogP contribution >= 0.6 is 0 Å². The van der Waals surface area contributed by atoms with Gasteiger partial charge < -0.3 is 9.15 Å².